The molecule has 0 saturated heterocycles. The van der Waals surface area contributed by atoms with Crippen LogP contribution in [0.3, 0.4) is 0 Å². The van der Waals surface area contributed by atoms with Crippen LogP contribution in [0.2, 0.25) is 10.0 Å². The first kappa shape index (κ1) is 25.7. The van der Waals surface area contributed by atoms with Crippen LogP contribution in [0, 0.1) is 0 Å². The van der Waals surface area contributed by atoms with Crippen molar-refractivity contribution in [3.63, 3.8) is 0 Å². The molecule has 2 aromatic carbocycles. The van der Waals surface area contributed by atoms with Crippen LogP contribution < -0.4 is 10.1 Å². The highest BCUT2D eigenvalue weighted by molar-refractivity contribution is 6.31. The molecule has 0 aliphatic carbocycles. The maximum Gasteiger partial charge on any atom is 0.336 e. The van der Waals surface area contributed by atoms with Gasteiger partial charge >= 0.3 is 11.9 Å². The molecule has 1 heterocycles. The highest BCUT2D eigenvalue weighted by atomic mass is 35.5. The Morgan fingerprint density at radius 3 is 2.03 bits per heavy atom. The number of benzene rings is 2. The fraction of sp³-hybridized carbons (Fsp3) is 0.308. The Morgan fingerprint density at radius 2 is 1.47 bits per heavy atom. The van der Waals surface area contributed by atoms with Gasteiger partial charge in [-0.2, -0.15) is 0 Å². The second kappa shape index (κ2) is 11.4. The first-order valence-corrected chi connectivity index (χ1v) is 11.7. The summed E-state index contributed by atoms with van der Waals surface area (Å²) in [5, 5.41) is 4.16. The Hall–Kier alpha value is -2.96. The standard InChI is InChI=1S/C26H27Cl2NO5/c1-5-32-25(30)22-15(3)29-16(4)23(26(31)33-6-2)24(22)20-13-19(28)10-11-21(20)34-14-17-8-7-9-18(27)12-17/h7-13,24,29H,5-6,14H2,1-4H3. The van der Waals surface area contributed by atoms with Gasteiger partial charge in [0.25, 0.3) is 0 Å². The Balaban J connectivity index is 2.14. The number of allylic oxidation sites excluding steroid dienone is 2. The maximum absolute atomic E-state index is 13.1. The Bertz CT molecular complexity index is 1120. The van der Waals surface area contributed by atoms with E-state index in [1.54, 1.807) is 52.0 Å². The van der Waals surface area contributed by atoms with Gasteiger partial charge in [0.05, 0.1) is 30.3 Å². The van der Waals surface area contributed by atoms with Crippen LogP contribution in [0.25, 0.3) is 0 Å². The molecule has 0 spiro atoms. The number of esters is 2. The van der Waals surface area contributed by atoms with Gasteiger partial charge in [0.15, 0.2) is 0 Å². The summed E-state index contributed by atoms with van der Waals surface area (Å²) in [5.41, 5.74) is 3.18. The second-order valence-corrected chi connectivity index (χ2v) is 8.55. The molecule has 0 fully saturated rings. The summed E-state index contributed by atoms with van der Waals surface area (Å²) in [6, 6.07) is 12.4. The molecule has 1 aliphatic rings. The Labute approximate surface area is 209 Å². The summed E-state index contributed by atoms with van der Waals surface area (Å²) in [5.74, 6) is -1.40. The van der Waals surface area contributed by atoms with Crippen LogP contribution in [0.1, 0.15) is 44.7 Å². The van der Waals surface area contributed by atoms with Crippen LogP contribution in [0.4, 0.5) is 0 Å². The molecule has 2 aromatic rings. The van der Waals surface area contributed by atoms with Gasteiger partial charge in [-0.15, -0.1) is 0 Å². The number of carbonyl (C=O) groups is 2. The number of ether oxygens (including phenoxy) is 3. The van der Waals surface area contributed by atoms with E-state index in [9.17, 15) is 9.59 Å². The van der Waals surface area contributed by atoms with Crippen LogP contribution in [0.5, 0.6) is 5.75 Å². The highest BCUT2D eigenvalue weighted by Gasteiger charge is 2.39. The van der Waals surface area contributed by atoms with Gasteiger partial charge in [-0.25, -0.2) is 9.59 Å². The van der Waals surface area contributed by atoms with Crippen LogP contribution in [0.15, 0.2) is 65.0 Å². The summed E-state index contributed by atoms with van der Waals surface area (Å²) in [6.07, 6.45) is 0. The van der Waals surface area contributed by atoms with E-state index >= 15 is 0 Å². The molecule has 3 rings (SSSR count). The van der Waals surface area contributed by atoms with Crippen molar-refractivity contribution in [2.24, 2.45) is 0 Å². The second-order valence-electron chi connectivity index (χ2n) is 7.68. The molecule has 0 saturated carbocycles. The minimum Gasteiger partial charge on any atom is -0.489 e. The zero-order valence-electron chi connectivity index (χ0n) is 19.5. The number of halogens is 2. The van der Waals surface area contributed by atoms with E-state index in [0.717, 1.165) is 5.56 Å². The Morgan fingerprint density at radius 1 is 0.882 bits per heavy atom. The van der Waals surface area contributed by atoms with E-state index in [4.69, 9.17) is 37.4 Å². The van der Waals surface area contributed by atoms with E-state index in [2.05, 4.69) is 5.32 Å². The van der Waals surface area contributed by atoms with Gasteiger partial charge in [0, 0.05) is 27.0 Å². The van der Waals surface area contributed by atoms with Gasteiger partial charge in [-0.05, 0) is 63.6 Å². The number of carbonyl (C=O) groups excluding carboxylic acids is 2. The topological polar surface area (TPSA) is 73.9 Å². The summed E-state index contributed by atoms with van der Waals surface area (Å²) in [7, 11) is 0. The van der Waals surface area contributed by atoms with E-state index < -0.39 is 17.9 Å². The van der Waals surface area contributed by atoms with Gasteiger partial charge in [-0.3, -0.25) is 0 Å². The maximum atomic E-state index is 13.1. The largest absolute Gasteiger partial charge is 0.489 e. The van der Waals surface area contributed by atoms with Crippen molar-refractivity contribution in [2.45, 2.75) is 40.2 Å². The van der Waals surface area contributed by atoms with Gasteiger partial charge in [-0.1, -0.05) is 35.3 Å². The summed E-state index contributed by atoms with van der Waals surface area (Å²) in [4.78, 5) is 26.1. The molecular weight excluding hydrogens is 477 g/mol. The lowest BCUT2D eigenvalue weighted by Gasteiger charge is -2.31. The van der Waals surface area contributed by atoms with Crippen LogP contribution in [-0.4, -0.2) is 25.2 Å². The van der Waals surface area contributed by atoms with Crippen molar-refractivity contribution in [2.75, 3.05) is 13.2 Å². The lowest BCUT2D eigenvalue weighted by atomic mass is 9.80. The number of hydrogen-bond acceptors (Lipinski definition) is 6. The lowest BCUT2D eigenvalue weighted by Crippen LogP contribution is -2.32. The van der Waals surface area contributed by atoms with Crippen molar-refractivity contribution >= 4 is 35.1 Å². The fourth-order valence-electron chi connectivity index (χ4n) is 3.93. The number of hydrogen-bond donors (Lipinski definition) is 1. The SMILES string of the molecule is CCOC(=O)C1=C(C)NC(C)=C(C(=O)OCC)C1c1cc(Cl)ccc1OCc1cccc(Cl)c1. The molecular formula is C26H27Cl2NO5. The average Bonchev–Trinajstić information content (AvgIpc) is 2.78. The normalized spacial score (nSPS) is 14.1. The number of dihydropyridines is 1. The minimum atomic E-state index is -0.799. The van der Waals surface area contributed by atoms with Gasteiger partial charge in [0.1, 0.15) is 12.4 Å². The van der Waals surface area contributed by atoms with Crippen molar-refractivity contribution in [1.82, 2.24) is 5.32 Å². The van der Waals surface area contributed by atoms with Crippen molar-refractivity contribution < 1.29 is 23.8 Å². The Kier molecular flexibility index (Phi) is 8.64. The quantitative estimate of drug-likeness (QED) is 0.449. The predicted molar refractivity (Wildman–Crippen MR) is 132 cm³/mol. The number of nitrogens with one attached hydrogen (secondary N) is 1. The van der Waals surface area contributed by atoms with Crippen LogP contribution in [-0.2, 0) is 25.7 Å². The zero-order valence-corrected chi connectivity index (χ0v) is 21.0. The zero-order chi connectivity index (χ0) is 24.8. The van der Waals surface area contributed by atoms with E-state index in [1.807, 2.05) is 18.2 Å². The molecule has 0 amide bonds. The molecule has 0 aromatic heterocycles. The first-order valence-electron chi connectivity index (χ1n) is 11.0. The lowest BCUT2D eigenvalue weighted by molar-refractivity contribution is -0.139. The van der Waals surface area contributed by atoms with Crippen molar-refractivity contribution in [1.29, 1.82) is 0 Å². The molecule has 0 unspecified atom stereocenters. The smallest absolute Gasteiger partial charge is 0.336 e. The van der Waals surface area contributed by atoms with Gasteiger partial charge < -0.3 is 19.5 Å². The molecule has 0 bridgehead atoms. The molecule has 0 radical (unpaired) electrons. The molecule has 8 heteroatoms. The van der Waals surface area contributed by atoms with E-state index in [1.165, 1.54) is 0 Å². The average molecular weight is 504 g/mol. The van der Waals surface area contributed by atoms with Crippen molar-refractivity contribution in [3.05, 3.63) is 86.2 Å². The third kappa shape index (κ3) is 5.75. The predicted octanol–water partition coefficient (Wildman–Crippen LogP) is 5.93. The first-order chi connectivity index (χ1) is 16.3. The number of rotatable bonds is 8. The van der Waals surface area contributed by atoms with Gasteiger partial charge in [0.2, 0.25) is 0 Å². The monoisotopic (exact) mass is 503 g/mol. The molecule has 1 N–H and O–H groups in total. The molecule has 34 heavy (non-hydrogen) atoms. The molecule has 0 atom stereocenters. The van der Waals surface area contributed by atoms with Crippen molar-refractivity contribution in [3.8, 4) is 5.75 Å². The minimum absolute atomic E-state index is 0.188. The summed E-state index contributed by atoms with van der Waals surface area (Å²) >= 11 is 12.5. The van der Waals surface area contributed by atoms with E-state index in [0.29, 0.717) is 43.9 Å². The molecule has 1 aliphatic heterocycles. The van der Waals surface area contributed by atoms with E-state index in [-0.39, 0.29) is 19.8 Å². The summed E-state index contributed by atoms with van der Waals surface area (Å²) < 4.78 is 16.8. The third-order valence-corrected chi connectivity index (χ3v) is 5.79. The molecule has 180 valence electrons. The molecule has 6 nitrogen and oxygen atoms in total. The van der Waals surface area contributed by atoms with Crippen LogP contribution >= 0.6 is 23.2 Å². The fourth-order valence-corrected chi connectivity index (χ4v) is 4.32. The highest BCUT2D eigenvalue weighted by Crippen LogP contribution is 2.44. The summed E-state index contributed by atoms with van der Waals surface area (Å²) in [6.45, 7) is 7.59. The third-order valence-electron chi connectivity index (χ3n) is 5.32.